The van der Waals surface area contributed by atoms with Crippen molar-refractivity contribution in [2.75, 3.05) is 7.11 Å². The minimum absolute atomic E-state index is 0.355. The van der Waals surface area contributed by atoms with E-state index in [-0.39, 0.29) is 0 Å². The summed E-state index contributed by atoms with van der Waals surface area (Å²) in [7, 11) is 1.51. The second-order valence-electron chi connectivity index (χ2n) is 4.69. The number of hydrogen-bond acceptors (Lipinski definition) is 3. The lowest BCUT2D eigenvalue weighted by molar-refractivity contribution is 0.0955. The van der Waals surface area contributed by atoms with Crippen molar-refractivity contribution in [3.63, 3.8) is 0 Å². The van der Waals surface area contributed by atoms with E-state index in [0.29, 0.717) is 26.9 Å². The second kappa shape index (κ2) is 7.81. The number of benzene rings is 2. The number of carbonyl (C=O) groups excluding carboxylic acids is 1. The van der Waals surface area contributed by atoms with Crippen molar-refractivity contribution >= 4 is 51.3 Å². The summed E-state index contributed by atoms with van der Waals surface area (Å²) in [4.78, 5) is 12.1. The summed E-state index contributed by atoms with van der Waals surface area (Å²) in [5, 5.41) is 4.75. The number of nitrogens with one attached hydrogen (secondary N) is 1. The maximum Gasteiger partial charge on any atom is 0.272 e. The molecule has 1 amide bonds. The molecule has 0 aliphatic heterocycles. The van der Waals surface area contributed by atoms with Crippen LogP contribution in [0.5, 0.6) is 5.75 Å². The number of amides is 1. The Labute approximate surface area is 152 Å². The molecule has 0 unspecified atom stereocenters. The van der Waals surface area contributed by atoms with Crippen LogP contribution in [0.2, 0.25) is 10.0 Å². The highest BCUT2D eigenvalue weighted by molar-refractivity contribution is 9.10. The molecule has 1 N–H and O–H groups in total. The van der Waals surface area contributed by atoms with E-state index in [9.17, 15) is 4.79 Å². The predicted octanol–water partition coefficient (Wildman–Crippen LogP) is 4.84. The van der Waals surface area contributed by atoms with E-state index >= 15 is 0 Å². The van der Waals surface area contributed by atoms with Crippen molar-refractivity contribution in [2.24, 2.45) is 5.10 Å². The van der Waals surface area contributed by atoms with Crippen LogP contribution in [0.3, 0.4) is 0 Å². The van der Waals surface area contributed by atoms with Gasteiger partial charge in [-0.2, -0.15) is 5.10 Å². The third-order valence-corrected chi connectivity index (χ3v) is 4.03. The van der Waals surface area contributed by atoms with Gasteiger partial charge in [-0.15, -0.1) is 0 Å². The highest BCUT2D eigenvalue weighted by Crippen LogP contribution is 2.31. The fraction of sp³-hybridized carbons (Fsp3) is 0.125. The van der Waals surface area contributed by atoms with Gasteiger partial charge in [-0.05, 0) is 36.8 Å². The molecule has 0 atom stereocenters. The quantitative estimate of drug-likeness (QED) is 0.573. The summed E-state index contributed by atoms with van der Waals surface area (Å²) in [6, 6.07) is 8.67. The smallest absolute Gasteiger partial charge is 0.272 e. The zero-order valence-electron chi connectivity index (χ0n) is 12.4. The Morgan fingerprint density at radius 2 is 2.00 bits per heavy atom. The topological polar surface area (TPSA) is 50.7 Å². The average molecular weight is 416 g/mol. The number of hydrazone groups is 1. The first kappa shape index (κ1) is 17.8. The monoisotopic (exact) mass is 414 g/mol. The van der Waals surface area contributed by atoms with Crippen LogP contribution in [0, 0.1) is 6.92 Å². The average Bonchev–Trinajstić information content (AvgIpc) is 2.46. The standard InChI is InChI=1S/C16H13BrCl2N2O2/c1-9-3-4-12(13(18)5-9)16(22)21-20-8-10-6-11(17)7-14(19)15(10)23-2/h3-8H,1-2H3,(H,21,22)/b20-8-. The molecule has 0 radical (unpaired) electrons. The van der Waals surface area contributed by atoms with Crippen molar-refractivity contribution in [2.45, 2.75) is 6.92 Å². The van der Waals surface area contributed by atoms with Crippen LogP contribution in [0.1, 0.15) is 21.5 Å². The molecule has 7 heteroatoms. The number of ether oxygens (including phenoxy) is 1. The van der Waals surface area contributed by atoms with E-state index in [1.165, 1.54) is 13.3 Å². The molecule has 0 bridgehead atoms. The number of aryl methyl sites for hydroxylation is 1. The van der Waals surface area contributed by atoms with Gasteiger partial charge in [-0.3, -0.25) is 4.79 Å². The SMILES string of the molecule is COc1c(Cl)cc(Br)cc1/C=N\NC(=O)c1ccc(C)cc1Cl. The lowest BCUT2D eigenvalue weighted by Crippen LogP contribution is -2.18. The van der Waals surface area contributed by atoms with Crippen molar-refractivity contribution in [1.29, 1.82) is 0 Å². The van der Waals surface area contributed by atoms with Crippen molar-refractivity contribution in [3.05, 3.63) is 61.5 Å². The Morgan fingerprint density at radius 3 is 2.65 bits per heavy atom. The van der Waals surface area contributed by atoms with Crippen LogP contribution in [0.15, 0.2) is 39.9 Å². The third kappa shape index (κ3) is 4.47. The van der Waals surface area contributed by atoms with E-state index in [4.69, 9.17) is 27.9 Å². The lowest BCUT2D eigenvalue weighted by Gasteiger charge is -2.07. The molecule has 120 valence electrons. The molecule has 0 aromatic heterocycles. The number of halogens is 3. The molecule has 23 heavy (non-hydrogen) atoms. The first-order valence-corrected chi connectivity index (χ1v) is 8.10. The Balaban J connectivity index is 2.17. The van der Waals surface area contributed by atoms with Gasteiger partial charge in [-0.1, -0.05) is 45.2 Å². The summed E-state index contributed by atoms with van der Waals surface area (Å²) < 4.78 is 6.00. The molecule has 0 heterocycles. The molecule has 2 aromatic rings. The molecule has 0 spiro atoms. The summed E-state index contributed by atoms with van der Waals surface area (Å²) in [6.07, 6.45) is 1.45. The zero-order chi connectivity index (χ0) is 17.0. The molecule has 4 nitrogen and oxygen atoms in total. The maximum absolute atomic E-state index is 12.1. The van der Waals surface area contributed by atoms with E-state index in [1.54, 1.807) is 24.3 Å². The Hall–Kier alpha value is -1.56. The number of methoxy groups -OCH3 is 1. The highest BCUT2D eigenvalue weighted by Gasteiger charge is 2.10. The van der Waals surface area contributed by atoms with Gasteiger partial charge < -0.3 is 4.74 Å². The van der Waals surface area contributed by atoms with Crippen molar-refractivity contribution < 1.29 is 9.53 Å². The molecular weight excluding hydrogens is 403 g/mol. The van der Waals surface area contributed by atoms with Crippen LogP contribution in [-0.2, 0) is 0 Å². The summed E-state index contributed by atoms with van der Waals surface area (Å²) in [5.41, 5.74) is 4.39. The Kier molecular flexibility index (Phi) is 6.04. The fourth-order valence-electron chi connectivity index (χ4n) is 1.92. The van der Waals surface area contributed by atoms with Crippen molar-refractivity contribution in [1.82, 2.24) is 5.43 Å². The largest absolute Gasteiger partial charge is 0.495 e. The molecule has 0 saturated heterocycles. The number of carbonyl (C=O) groups is 1. The van der Waals surface area contributed by atoms with Gasteiger partial charge >= 0.3 is 0 Å². The summed E-state index contributed by atoms with van der Waals surface area (Å²) in [6.45, 7) is 1.90. The maximum atomic E-state index is 12.1. The van der Waals surface area contributed by atoms with E-state index < -0.39 is 5.91 Å². The lowest BCUT2D eigenvalue weighted by atomic mass is 10.1. The molecule has 0 fully saturated rings. The zero-order valence-corrected chi connectivity index (χ0v) is 15.5. The van der Waals surface area contributed by atoms with E-state index in [1.807, 2.05) is 13.0 Å². The first-order chi connectivity index (χ1) is 10.9. The van der Waals surface area contributed by atoms with Gasteiger partial charge in [0.15, 0.2) is 0 Å². The molecule has 0 saturated carbocycles. The van der Waals surface area contributed by atoms with Crippen molar-refractivity contribution in [3.8, 4) is 5.75 Å². The van der Waals surface area contributed by atoms with Gasteiger partial charge in [0, 0.05) is 10.0 Å². The molecule has 0 aliphatic rings. The summed E-state index contributed by atoms with van der Waals surface area (Å²) in [5.74, 6) is 0.0764. The van der Waals surface area contributed by atoms with Crippen LogP contribution in [0.4, 0.5) is 0 Å². The predicted molar refractivity (Wildman–Crippen MR) is 97.0 cm³/mol. The molecule has 2 rings (SSSR count). The van der Waals surface area contributed by atoms with Gasteiger partial charge in [0.05, 0.1) is 28.9 Å². The highest BCUT2D eigenvalue weighted by atomic mass is 79.9. The summed E-state index contributed by atoms with van der Waals surface area (Å²) >= 11 is 15.5. The fourth-order valence-corrected chi connectivity index (χ4v) is 3.15. The molecular formula is C16H13BrCl2N2O2. The van der Waals surface area contributed by atoms with Crippen LogP contribution in [0.25, 0.3) is 0 Å². The van der Waals surface area contributed by atoms with Crippen LogP contribution in [-0.4, -0.2) is 19.2 Å². The van der Waals surface area contributed by atoms with Gasteiger partial charge in [0.25, 0.3) is 5.91 Å². The van der Waals surface area contributed by atoms with Gasteiger partial charge in [0.2, 0.25) is 0 Å². The van der Waals surface area contributed by atoms with Crippen LogP contribution >= 0.6 is 39.1 Å². The van der Waals surface area contributed by atoms with E-state index in [0.717, 1.165) is 10.0 Å². The second-order valence-corrected chi connectivity index (χ2v) is 6.42. The van der Waals surface area contributed by atoms with E-state index in [2.05, 4.69) is 26.5 Å². The first-order valence-electron chi connectivity index (χ1n) is 6.55. The minimum atomic E-state index is -0.397. The number of hydrogen-bond donors (Lipinski definition) is 1. The number of nitrogens with zero attached hydrogens (tertiary/aromatic N) is 1. The van der Waals surface area contributed by atoms with Crippen LogP contribution < -0.4 is 10.2 Å². The molecule has 0 aliphatic carbocycles. The normalized spacial score (nSPS) is 10.8. The third-order valence-electron chi connectivity index (χ3n) is 2.98. The number of rotatable bonds is 4. The Morgan fingerprint density at radius 1 is 1.26 bits per heavy atom. The minimum Gasteiger partial charge on any atom is -0.495 e. The Bertz CT molecular complexity index is 779. The van der Waals surface area contributed by atoms with Gasteiger partial charge in [-0.25, -0.2) is 5.43 Å². The van der Waals surface area contributed by atoms with Gasteiger partial charge in [0.1, 0.15) is 5.75 Å². The molecule has 2 aromatic carbocycles.